The lowest BCUT2D eigenvalue weighted by molar-refractivity contribution is 0.101. The van der Waals surface area contributed by atoms with Gasteiger partial charge in [0.2, 0.25) is 0 Å². The van der Waals surface area contributed by atoms with Gasteiger partial charge in [0.1, 0.15) is 0 Å². The fraction of sp³-hybridized carbons (Fsp3) is 0.462. The number of nitrogens with one attached hydrogen (secondary N) is 1. The molecular weight excluding hydrogens is 232 g/mol. The Morgan fingerprint density at radius 3 is 2.71 bits per heavy atom. The first kappa shape index (κ1) is 13.9. The van der Waals surface area contributed by atoms with Gasteiger partial charge in [-0.2, -0.15) is 11.8 Å². The van der Waals surface area contributed by atoms with E-state index in [9.17, 15) is 4.79 Å². The molecule has 0 radical (unpaired) electrons. The van der Waals surface area contributed by atoms with E-state index in [1.807, 2.05) is 23.9 Å². The highest BCUT2D eigenvalue weighted by molar-refractivity contribution is 7.98. The Kier molecular flexibility index (Phi) is 5.35. The van der Waals surface area contributed by atoms with E-state index in [2.05, 4.69) is 18.5 Å². The Hall–Kier alpha value is -1.16. The lowest BCUT2D eigenvalue weighted by Gasteiger charge is -2.17. The van der Waals surface area contributed by atoms with Crippen LogP contribution in [0.4, 0.5) is 11.4 Å². The van der Waals surface area contributed by atoms with E-state index < -0.39 is 0 Å². The number of hydrogen-bond donors (Lipinski definition) is 2. The summed E-state index contributed by atoms with van der Waals surface area (Å²) in [6.45, 7) is 3.68. The van der Waals surface area contributed by atoms with Crippen molar-refractivity contribution >= 4 is 28.9 Å². The van der Waals surface area contributed by atoms with Gasteiger partial charge in [0.05, 0.1) is 0 Å². The van der Waals surface area contributed by atoms with Crippen LogP contribution in [0.15, 0.2) is 18.2 Å². The highest BCUT2D eigenvalue weighted by Crippen LogP contribution is 2.20. The van der Waals surface area contributed by atoms with Gasteiger partial charge in [-0.3, -0.25) is 4.79 Å². The second-order valence-electron chi connectivity index (χ2n) is 4.06. The molecule has 3 N–H and O–H groups in total. The molecule has 4 heteroatoms. The van der Waals surface area contributed by atoms with Crippen LogP contribution in [0.2, 0.25) is 0 Å². The minimum Gasteiger partial charge on any atom is -0.398 e. The lowest BCUT2D eigenvalue weighted by Crippen LogP contribution is -2.21. The van der Waals surface area contributed by atoms with Gasteiger partial charge >= 0.3 is 0 Å². The quantitative estimate of drug-likeness (QED) is 0.603. The molecule has 0 aliphatic heterocycles. The van der Waals surface area contributed by atoms with E-state index in [0.717, 1.165) is 17.9 Å². The highest BCUT2D eigenvalue weighted by atomic mass is 32.2. The van der Waals surface area contributed by atoms with Crippen LogP contribution in [-0.2, 0) is 0 Å². The molecule has 1 rings (SSSR count). The monoisotopic (exact) mass is 252 g/mol. The molecule has 0 saturated carbocycles. The van der Waals surface area contributed by atoms with Crippen LogP contribution in [0.3, 0.4) is 0 Å². The van der Waals surface area contributed by atoms with Crippen LogP contribution < -0.4 is 11.1 Å². The maximum absolute atomic E-state index is 11.3. The molecule has 1 aromatic carbocycles. The average Bonchev–Trinajstić information content (AvgIpc) is 2.28. The number of carbonyl (C=O) groups excluding carboxylic acids is 1. The van der Waals surface area contributed by atoms with Crippen molar-refractivity contribution in [3.63, 3.8) is 0 Å². The fourth-order valence-electron chi connectivity index (χ4n) is 1.67. The molecule has 0 bridgehead atoms. The zero-order valence-electron chi connectivity index (χ0n) is 10.6. The van der Waals surface area contributed by atoms with Gasteiger partial charge in [-0.25, -0.2) is 0 Å². The van der Waals surface area contributed by atoms with E-state index in [1.165, 1.54) is 6.92 Å². The van der Waals surface area contributed by atoms with Gasteiger partial charge in [-0.05, 0) is 37.8 Å². The van der Waals surface area contributed by atoms with Crippen molar-refractivity contribution in [3.8, 4) is 0 Å². The van der Waals surface area contributed by atoms with Crippen LogP contribution in [-0.4, -0.2) is 23.8 Å². The minimum absolute atomic E-state index is 0.00482. The minimum atomic E-state index is 0.00482. The van der Waals surface area contributed by atoms with E-state index >= 15 is 0 Å². The van der Waals surface area contributed by atoms with E-state index in [1.54, 1.807) is 6.07 Å². The molecule has 3 nitrogen and oxygen atoms in total. The molecule has 1 aromatic rings. The molecule has 17 heavy (non-hydrogen) atoms. The van der Waals surface area contributed by atoms with Gasteiger partial charge in [0.15, 0.2) is 5.78 Å². The van der Waals surface area contributed by atoms with E-state index in [-0.39, 0.29) is 5.78 Å². The standard InChI is InChI=1S/C13H20N2OS/c1-4-10(8-17-3)15-11-5-6-12(9(2)16)13(14)7-11/h5-7,10,15H,4,8,14H2,1-3H3. The van der Waals surface area contributed by atoms with Crippen molar-refractivity contribution in [1.29, 1.82) is 0 Å². The first-order valence-electron chi connectivity index (χ1n) is 5.74. The SMILES string of the molecule is CCC(CSC)Nc1ccc(C(C)=O)c(N)c1. The van der Waals surface area contributed by atoms with Gasteiger partial charge < -0.3 is 11.1 Å². The number of hydrogen-bond acceptors (Lipinski definition) is 4. The van der Waals surface area contributed by atoms with Crippen LogP contribution in [0.25, 0.3) is 0 Å². The third-order valence-corrected chi connectivity index (χ3v) is 3.40. The summed E-state index contributed by atoms with van der Waals surface area (Å²) >= 11 is 1.82. The van der Waals surface area contributed by atoms with Crippen molar-refractivity contribution in [2.45, 2.75) is 26.3 Å². The molecule has 0 saturated heterocycles. The second-order valence-corrected chi connectivity index (χ2v) is 4.97. The Morgan fingerprint density at radius 1 is 1.53 bits per heavy atom. The second kappa shape index (κ2) is 6.55. The van der Waals surface area contributed by atoms with Crippen LogP contribution in [0.1, 0.15) is 30.6 Å². The van der Waals surface area contributed by atoms with E-state index in [0.29, 0.717) is 17.3 Å². The predicted octanol–water partition coefficient (Wildman–Crippen LogP) is 3.02. The summed E-state index contributed by atoms with van der Waals surface area (Å²) < 4.78 is 0. The van der Waals surface area contributed by atoms with Crippen LogP contribution in [0, 0.1) is 0 Å². The molecule has 0 aliphatic rings. The summed E-state index contributed by atoms with van der Waals surface area (Å²) in [4.78, 5) is 11.3. The topological polar surface area (TPSA) is 55.1 Å². The van der Waals surface area contributed by atoms with Crippen molar-refractivity contribution < 1.29 is 4.79 Å². The summed E-state index contributed by atoms with van der Waals surface area (Å²) in [5.41, 5.74) is 7.96. The van der Waals surface area contributed by atoms with Crippen LogP contribution >= 0.6 is 11.8 Å². The summed E-state index contributed by atoms with van der Waals surface area (Å²) in [5.74, 6) is 1.07. The van der Waals surface area contributed by atoms with Crippen molar-refractivity contribution in [2.24, 2.45) is 0 Å². The van der Waals surface area contributed by atoms with Crippen molar-refractivity contribution in [2.75, 3.05) is 23.1 Å². The zero-order valence-corrected chi connectivity index (χ0v) is 11.4. The number of Topliss-reactive ketones (excluding diaryl/α,β-unsaturated/α-hetero) is 1. The Labute approximate surface area is 107 Å². The van der Waals surface area contributed by atoms with Gasteiger partial charge in [0, 0.05) is 28.7 Å². The Morgan fingerprint density at radius 2 is 2.24 bits per heavy atom. The molecule has 0 aromatic heterocycles. The van der Waals surface area contributed by atoms with Gasteiger partial charge in [0.25, 0.3) is 0 Å². The molecule has 0 fully saturated rings. The first-order chi connectivity index (χ1) is 8.08. The Bertz CT molecular complexity index is 393. The molecule has 0 heterocycles. The number of thioether (sulfide) groups is 1. The maximum Gasteiger partial charge on any atom is 0.161 e. The summed E-state index contributed by atoms with van der Waals surface area (Å²) in [5, 5.41) is 3.42. The zero-order chi connectivity index (χ0) is 12.8. The predicted molar refractivity (Wildman–Crippen MR) is 76.9 cm³/mol. The average molecular weight is 252 g/mol. The maximum atomic E-state index is 11.3. The summed E-state index contributed by atoms with van der Waals surface area (Å²) in [6, 6.07) is 5.97. The molecule has 1 atom stereocenters. The molecule has 0 amide bonds. The highest BCUT2D eigenvalue weighted by Gasteiger charge is 2.08. The number of rotatable bonds is 6. The number of ketones is 1. The number of carbonyl (C=O) groups is 1. The summed E-state index contributed by atoms with van der Waals surface area (Å²) in [6.07, 6.45) is 3.16. The molecule has 1 unspecified atom stereocenters. The normalized spacial score (nSPS) is 12.2. The fourth-order valence-corrected chi connectivity index (χ4v) is 2.39. The number of nitrogen functional groups attached to an aromatic ring is 1. The summed E-state index contributed by atoms with van der Waals surface area (Å²) in [7, 11) is 0. The number of nitrogens with two attached hydrogens (primary N) is 1. The van der Waals surface area contributed by atoms with Gasteiger partial charge in [-0.1, -0.05) is 6.92 Å². The first-order valence-corrected chi connectivity index (χ1v) is 7.13. The third-order valence-electron chi connectivity index (χ3n) is 2.66. The molecule has 0 aliphatic carbocycles. The third kappa shape index (κ3) is 3.97. The number of benzene rings is 1. The lowest BCUT2D eigenvalue weighted by atomic mass is 10.1. The Balaban J connectivity index is 2.79. The van der Waals surface area contributed by atoms with Crippen molar-refractivity contribution in [3.05, 3.63) is 23.8 Å². The van der Waals surface area contributed by atoms with Crippen LogP contribution in [0.5, 0.6) is 0 Å². The van der Waals surface area contributed by atoms with Gasteiger partial charge in [-0.15, -0.1) is 0 Å². The molecule has 94 valence electrons. The van der Waals surface area contributed by atoms with Crippen molar-refractivity contribution in [1.82, 2.24) is 0 Å². The smallest absolute Gasteiger partial charge is 0.161 e. The molecular formula is C13H20N2OS. The largest absolute Gasteiger partial charge is 0.398 e. The van der Waals surface area contributed by atoms with E-state index in [4.69, 9.17) is 5.73 Å². The molecule has 0 spiro atoms. The number of anilines is 2.